The minimum Gasteiger partial charge on any atom is -0.394 e. The molecule has 7 heteroatoms. The fourth-order valence-corrected chi connectivity index (χ4v) is 1.64. The van der Waals surface area contributed by atoms with E-state index in [1.807, 2.05) is 13.8 Å². The van der Waals surface area contributed by atoms with Gasteiger partial charge in [-0.15, -0.1) is 0 Å². The summed E-state index contributed by atoms with van der Waals surface area (Å²) < 4.78 is 1.67. The van der Waals surface area contributed by atoms with Gasteiger partial charge in [-0.25, -0.2) is 0 Å². The molecule has 0 aromatic carbocycles. The molecule has 2 heterocycles. The Balaban J connectivity index is 2.23. The lowest BCUT2D eigenvalue weighted by molar-refractivity contribution is 0.101. The van der Waals surface area contributed by atoms with Gasteiger partial charge in [0, 0.05) is 6.54 Å². The van der Waals surface area contributed by atoms with Crippen LogP contribution in [0, 0.1) is 0 Å². The highest BCUT2D eigenvalue weighted by atomic mass is 16.2. The molecule has 0 saturated carbocycles. The van der Waals surface area contributed by atoms with E-state index in [1.165, 1.54) is 6.20 Å². The number of carbonyl (C=O) groups is 1. The van der Waals surface area contributed by atoms with Crippen LogP contribution < -0.4 is 11.1 Å². The largest absolute Gasteiger partial charge is 0.394 e. The molecule has 0 spiro atoms. The fourth-order valence-electron chi connectivity index (χ4n) is 1.64. The van der Waals surface area contributed by atoms with Crippen LogP contribution in [0.4, 0.5) is 11.5 Å². The van der Waals surface area contributed by atoms with Gasteiger partial charge < -0.3 is 11.1 Å². The molecule has 0 saturated heterocycles. The summed E-state index contributed by atoms with van der Waals surface area (Å²) in [6, 6.07) is 1.78. The molecule has 18 heavy (non-hydrogen) atoms. The van der Waals surface area contributed by atoms with Crippen LogP contribution in [0.1, 0.15) is 30.0 Å². The van der Waals surface area contributed by atoms with E-state index >= 15 is 0 Å². The van der Waals surface area contributed by atoms with Gasteiger partial charge in [0.2, 0.25) is 0 Å². The average Bonchev–Trinajstić information content (AvgIpc) is 2.96. The molecule has 2 aromatic rings. The first kappa shape index (κ1) is 12.2. The summed E-state index contributed by atoms with van der Waals surface area (Å²) in [5.74, 6) is 0.155. The van der Waals surface area contributed by atoms with E-state index in [9.17, 15) is 4.79 Å². The second kappa shape index (κ2) is 4.91. The van der Waals surface area contributed by atoms with Crippen LogP contribution in [0.15, 0.2) is 12.3 Å². The molecule has 0 bridgehead atoms. The Hall–Kier alpha value is -2.31. The van der Waals surface area contributed by atoms with Gasteiger partial charge in [-0.2, -0.15) is 10.2 Å². The molecule has 0 aliphatic rings. The summed E-state index contributed by atoms with van der Waals surface area (Å²) in [7, 11) is 0. The van der Waals surface area contributed by atoms with E-state index in [0.717, 1.165) is 12.1 Å². The molecule has 0 unspecified atom stereocenters. The zero-order chi connectivity index (χ0) is 13.1. The predicted molar refractivity (Wildman–Crippen MR) is 68.2 cm³/mol. The highest BCUT2D eigenvalue weighted by Crippen LogP contribution is 2.14. The number of nitrogens with one attached hydrogen (secondary N) is 2. The number of nitrogens with zero attached hydrogens (tertiary/aromatic N) is 3. The lowest BCUT2D eigenvalue weighted by atomic mass is 10.3. The predicted octanol–water partition coefficient (Wildman–Crippen LogP) is 1.02. The van der Waals surface area contributed by atoms with Crippen LogP contribution in [0.5, 0.6) is 0 Å². The molecule has 4 N–H and O–H groups in total. The first-order valence-corrected chi connectivity index (χ1v) is 5.82. The number of rotatable bonds is 4. The zero-order valence-corrected chi connectivity index (χ0v) is 10.4. The Morgan fingerprint density at radius 1 is 1.56 bits per heavy atom. The van der Waals surface area contributed by atoms with Crippen LogP contribution in [-0.4, -0.2) is 25.9 Å². The summed E-state index contributed by atoms with van der Waals surface area (Å²) in [5.41, 5.74) is 7.45. The van der Waals surface area contributed by atoms with Crippen molar-refractivity contribution in [2.24, 2.45) is 0 Å². The van der Waals surface area contributed by atoms with Gasteiger partial charge in [-0.1, -0.05) is 6.92 Å². The quantitative estimate of drug-likeness (QED) is 0.751. The second-order valence-electron chi connectivity index (χ2n) is 3.84. The number of hydrogen-bond acceptors (Lipinski definition) is 4. The number of aromatic nitrogens is 4. The minimum atomic E-state index is -0.250. The van der Waals surface area contributed by atoms with Crippen LogP contribution >= 0.6 is 0 Å². The topological polar surface area (TPSA) is 102 Å². The molecule has 2 rings (SSSR count). The SMILES string of the molecule is CCc1cc(C(=O)Nc2[nH]ncc2N)n(CC)n1. The van der Waals surface area contributed by atoms with Gasteiger partial charge in [0.25, 0.3) is 5.91 Å². The Labute approximate surface area is 104 Å². The van der Waals surface area contributed by atoms with Gasteiger partial charge in [-0.3, -0.25) is 14.6 Å². The van der Waals surface area contributed by atoms with Crippen molar-refractivity contribution >= 4 is 17.4 Å². The number of aromatic amines is 1. The maximum absolute atomic E-state index is 12.1. The number of amides is 1. The van der Waals surface area contributed by atoms with E-state index in [1.54, 1.807) is 10.7 Å². The zero-order valence-electron chi connectivity index (χ0n) is 10.4. The Morgan fingerprint density at radius 3 is 2.89 bits per heavy atom. The molecule has 0 aliphatic heterocycles. The maximum Gasteiger partial charge on any atom is 0.275 e. The normalized spacial score (nSPS) is 10.6. The van der Waals surface area contributed by atoms with Crippen molar-refractivity contribution in [3.63, 3.8) is 0 Å². The highest BCUT2D eigenvalue weighted by molar-refractivity contribution is 6.03. The molecular formula is C11H16N6O. The number of H-pyrrole nitrogens is 1. The summed E-state index contributed by atoms with van der Waals surface area (Å²) in [4.78, 5) is 12.1. The molecule has 96 valence electrons. The molecule has 2 aromatic heterocycles. The lowest BCUT2D eigenvalue weighted by Gasteiger charge is -2.05. The van der Waals surface area contributed by atoms with E-state index in [0.29, 0.717) is 23.7 Å². The third kappa shape index (κ3) is 2.20. The van der Waals surface area contributed by atoms with Gasteiger partial charge in [0.15, 0.2) is 5.82 Å². The van der Waals surface area contributed by atoms with Crippen LogP contribution in [0.25, 0.3) is 0 Å². The third-order valence-corrected chi connectivity index (χ3v) is 2.63. The highest BCUT2D eigenvalue weighted by Gasteiger charge is 2.15. The summed E-state index contributed by atoms with van der Waals surface area (Å²) in [5, 5.41) is 13.4. The van der Waals surface area contributed by atoms with Crippen molar-refractivity contribution in [1.82, 2.24) is 20.0 Å². The first-order valence-electron chi connectivity index (χ1n) is 5.82. The van der Waals surface area contributed by atoms with Crippen molar-refractivity contribution in [1.29, 1.82) is 0 Å². The molecule has 1 amide bonds. The van der Waals surface area contributed by atoms with E-state index in [-0.39, 0.29) is 5.91 Å². The van der Waals surface area contributed by atoms with Crippen molar-refractivity contribution in [3.05, 3.63) is 23.7 Å². The molecular weight excluding hydrogens is 232 g/mol. The fraction of sp³-hybridized carbons (Fsp3) is 0.364. The van der Waals surface area contributed by atoms with E-state index in [2.05, 4.69) is 20.6 Å². The maximum atomic E-state index is 12.1. The standard InChI is InChI=1S/C11H16N6O/c1-3-7-5-9(17(4-2)16-7)11(18)14-10-8(12)6-13-15-10/h5-6H,3-4,12H2,1-2H3,(H2,13,14,15,18). The number of anilines is 2. The van der Waals surface area contributed by atoms with Crippen molar-refractivity contribution in [2.45, 2.75) is 26.8 Å². The number of nitrogens with two attached hydrogens (primary N) is 1. The summed E-state index contributed by atoms with van der Waals surface area (Å²) >= 11 is 0. The smallest absolute Gasteiger partial charge is 0.275 e. The first-order chi connectivity index (χ1) is 8.65. The minimum absolute atomic E-state index is 0.250. The van der Waals surface area contributed by atoms with Crippen LogP contribution in [-0.2, 0) is 13.0 Å². The average molecular weight is 248 g/mol. The van der Waals surface area contributed by atoms with Gasteiger partial charge >= 0.3 is 0 Å². The summed E-state index contributed by atoms with van der Waals surface area (Å²) in [6.07, 6.45) is 2.24. The van der Waals surface area contributed by atoms with Gasteiger partial charge in [0.1, 0.15) is 5.69 Å². The number of aryl methyl sites for hydroxylation is 2. The monoisotopic (exact) mass is 248 g/mol. The summed E-state index contributed by atoms with van der Waals surface area (Å²) in [6.45, 7) is 4.58. The molecule has 0 radical (unpaired) electrons. The van der Waals surface area contributed by atoms with Crippen molar-refractivity contribution in [2.75, 3.05) is 11.1 Å². The number of nitrogen functional groups attached to an aromatic ring is 1. The van der Waals surface area contributed by atoms with Crippen molar-refractivity contribution in [3.8, 4) is 0 Å². The van der Waals surface area contributed by atoms with Gasteiger partial charge in [0.05, 0.1) is 17.6 Å². The molecule has 0 aliphatic carbocycles. The Bertz CT molecular complexity index is 556. The van der Waals surface area contributed by atoms with E-state index in [4.69, 9.17) is 5.73 Å². The number of carbonyl (C=O) groups excluding carboxylic acids is 1. The van der Waals surface area contributed by atoms with Crippen LogP contribution in [0.3, 0.4) is 0 Å². The van der Waals surface area contributed by atoms with E-state index < -0.39 is 0 Å². The Morgan fingerprint density at radius 2 is 2.33 bits per heavy atom. The molecule has 7 nitrogen and oxygen atoms in total. The van der Waals surface area contributed by atoms with Gasteiger partial charge in [-0.05, 0) is 19.4 Å². The third-order valence-electron chi connectivity index (χ3n) is 2.63. The Kier molecular flexibility index (Phi) is 3.31. The molecule has 0 atom stereocenters. The molecule has 0 fully saturated rings. The number of hydrogen-bond donors (Lipinski definition) is 3. The second-order valence-corrected chi connectivity index (χ2v) is 3.84. The van der Waals surface area contributed by atoms with Crippen molar-refractivity contribution < 1.29 is 4.79 Å². The van der Waals surface area contributed by atoms with Crippen LogP contribution in [0.2, 0.25) is 0 Å². The lowest BCUT2D eigenvalue weighted by Crippen LogP contribution is -2.18.